The fourth-order valence-corrected chi connectivity index (χ4v) is 2.32. The minimum Gasteiger partial charge on any atom is -0.493 e. The zero-order valence-corrected chi connectivity index (χ0v) is 14.0. The van der Waals surface area contributed by atoms with E-state index in [1.165, 1.54) is 6.21 Å². The lowest BCUT2D eigenvalue weighted by molar-refractivity contribution is 0.279. The number of methoxy groups -OCH3 is 1. The van der Waals surface area contributed by atoms with Gasteiger partial charge in [-0.1, -0.05) is 6.07 Å². The molecule has 1 aromatic carbocycles. The van der Waals surface area contributed by atoms with Crippen LogP contribution in [-0.4, -0.2) is 24.3 Å². The van der Waals surface area contributed by atoms with E-state index in [4.69, 9.17) is 20.9 Å². The lowest BCUT2D eigenvalue weighted by atomic mass is 10.2. The van der Waals surface area contributed by atoms with E-state index in [0.717, 1.165) is 15.7 Å². The number of nitrogens with zero attached hydrogens (tertiary/aromatic N) is 3. The molecule has 23 heavy (non-hydrogen) atoms. The first-order valence-electron chi connectivity index (χ1n) is 6.62. The van der Waals surface area contributed by atoms with Crippen LogP contribution >= 0.6 is 15.9 Å². The Balaban J connectivity index is 2.20. The van der Waals surface area contributed by atoms with Crippen LogP contribution in [-0.2, 0) is 6.61 Å². The average Bonchev–Trinajstić information content (AvgIpc) is 2.54. The Morgan fingerprint density at radius 1 is 1.35 bits per heavy atom. The van der Waals surface area contributed by atoms with E-state index in [1.807, 2.05) is 24.3 Å². The van der Waals surface area contributed by atoms with Crippen molar-refractivity contribution in [3.8, 4) is 11.5 Å². The molecule has 2 rings (SSSR count). The number of guanidine groups is 1. The topological polar surface area (TPSA) is 108 Å². The molecule has 0 aliphatic carbocycles. The van der Waals surface area contributed by atoms with Crippen molar-refractivity contribution in [2.45, 2.75) is 6.61 Å². The lowest BCUT2D eigenvalue weighted by Gasteiger charge is -2.13. The summed E-state index contributed by atoms with van der Waals surface area (Å²) < 4.78 is 11.9. The van der Waals surface area contributed by atoms with Crippen LogP contribution in [0.15, 0.2) is 51.2 Å². The van der Waals surface area contributed by atoms with Gasteiger partial charge in [0.25, 0.3) is 0 Å². The first-order valence-corrected chi connectivity index (χ1v) is 7.41. The van der Waals surface area contributed by atoms with Crippen molar-refractivity contribution in [2.75, 3.05) is 7.11 Å². The standard InChI is InChI=1S/C15H16BrN5O2/c1-22-13-7-10(8-20-21-15(17)18)6-12(16)14(13)23-9-11-4-2-3-5-19-11/h2-8H,9H2,1H3,(H4,17,18,21). The van der Waals surface area contributed by atoms with Crippen molar-refractivity contribution >= 4 is 28.1 Å². The van der Waals surface area contributed by atoms with E-state index < -0.39 is 0 Å². The van der Waals surface area contributed by atoms with E-state index in [2.05, 4.69) is 31.1 Å². The van der Waals surface area contributed by atoms with Crippen molar-refractivity contribution in [2.24, 2.45) is 21.7 Å². The summed E-state index contributed by atoms with van der Waals surface area (Å²) in [5.74, 6) is 1.03. The SMILES string of the molecule is COc1cc(C=NN=C(N)N)cc(Br)c1OCc1ccccn1. The van der Waals surface area contributed by atoms with Crippen LogP contribution < -0.4 is 20.9 Å². The molecule has 1 aromatic heterocycles. The third kappa shape index (κ3) is 4.96. The molecule has 0 atom stereocenters. The normalized spacial score (nSPS) is 10.5. The van der Waals surface area contributed by atoms with Crippen LogP contribution in [0, 0.1) is 0 Å². The highest BCUT2D eigenvalue weighted by molar-refractivity contribution is 9.10. The number of nitrogens with two attached hydrogens (primary N) is 2. The molecule has 0 spiro atoms. The zero-order valence-electron chi connectivity index (χ0n) is 12.4. The fourth-order valence-electron chi connectivity index (χ4n) is 1.75. The molecule has 0 amide bonds. The van der Waals surface area contributed by atoms with Gasteiger partial charge < -0.3 is 20.9 Å². The summed E-state index contributed by atoms with van der Waals surface area (Å²) in [6.07, 6.45) is 3.23. The third-order valence-electron chi connectivity index (χ3n) is 2.72. The zero-order chi connectivity index (χ0) is 16.7. The number of benzene rings is 1. The molecule has 0 aliphatic heterocycles. The van der Waals surface area contributed by atoms with Gasteiger partial charge in [0.2, 0.25) is 5.96 Å². The van der Waals surface area contributed by atoms with Crippen LogP contribution in [0.5, 0.6) is 11.5 Å². The third-order valence-corrected chi connectivity index (χ3v) is 3.31. The fraction of sp³-hybridized carbons (Fsp3) is 0.133. The number of halogens is 1. The largest absolute Gasteiger partial charge is 0.493 e. The van der Waals surface area contributed by atoms with Gasteiger partial charge in [0.15, 0.2) is 11.5 Å². The van der Waals surface area contributed by atoms with E-state index in [1.54, 1.807) is 19.4 Å². The van der Waals surface area contributed by atoms with Gasteiger partial charge in [-0.2, -0.15) is 5.10 Å². The highest BCUT2D eigenvalue weighted by atomic mass is 79.9. The van der Waals surface area contributed by atoms with Crippen molar-refractivity contribution in [1.82, 2.24) is 4.98 Å². The predicted octanol–water partition coefficient (Wildman–Crippen LogP) is 2.04. The van der Waals surface area contributed by atoms with E-state index in [9.17, 15) is 0 Å². The van der Waals surface area contributed by atoms with Crippen molar-refractivity contribution in [1.29, 1.82) is 0 Å². The number of ether oxygens (including phenoxy) is 2. The Labute approximate surface area is 142 Å². The smallest absolute Gasteiger partial charge is 0.211 e. The minimum absolute atomic E-state index is 0.109. The molecule has 0 saturated carbocycles. The summed E-state index contributed by atoms with van der Waals surface area (Å²) in [7, 11) is 1.56. The first-order chi connectivity index (χ1) is 11.1. The van der Waals surface area contributed by atoms with Crippen LogP contribution in [0.1, 0.15) is 11.3 Å². The van der Waals surface area contributed by atoms with Gasteiger partial charge in [0.05, 0.1) is 23.5 Å². The predicted molar refractivity (Wildman–Crippen MR) is 92.7 cm³/mol. The first kappa shape index (κ1) is 16.8. The second kappa shape index (κ2) is 8.14. The number of hydrogen-bond donors (Lipinski definition) is 2. The summed E-state index contributed by atoms with van der Waals surface area (Å²) >= 11 is 3.46. The summed E-state index contributed by atoms with van der Waals surface area (Å²) in [4.78, 5) is 4.21. The molecule has 4 N–H and O–H groups in total. The van der Waals surface area contributed by atoms with E-state index in [0.29, 0.717) is 18.1 Å². The number of rotatable bonds is 6. The van der Waals surface area contributed by atoms with Gasteiger partial charge in [-0.05, 0) is 45.8 Å². The maximum Gasteiger partial charge on any atom is 0.211 e. The maximum absolute atomic E-state index is 5.80. The molecule has 0 fully saturated rings. The lowest BCUT2D eigenvalue weighted by Crippen LogP contribution is -2.21. The molecular formula is C15H16BrN5O2. The molecule has 1 heterocycles. The molecule has 0 unspecified atom stereocenters. The Bertz CT molecular complexity index is 715. The Kier molecular flexibility index (Phi) is 5.93. The molecule has 2 aromatic rings. The van der Waals surface area contributed by atoms with Crippen molar-refractivity contribution in [3.63, 3.8) is 0 Å². The maximum atomic E-state index is 5.80. The van der Waals surface area contributed by atoms with Crippen LogP contribution in [0.3, 0.4) is 0 Å². The van der Waals surface area contributed by atoms with Gasteiger partial charge in [0.1, 0.15) is 6.61 Å². The highest BCUT2D eigenvalue weighted by Gasteiger charge is 2.11. The molecule has 0 saturated heterocycles. The summed E-state index contributed by atoms with van der Waals surface area (Å²) in [6, 6.07) is 9.23. The molecule has 0 aliphatic rings. The van der Waals surface area contributed by atoms with Crippen molar-refractivity contribution in [3.05, 3.63) is 52.3 Å². The van der Waals surface area contributed by atoms with Gasteiger partial charge in [0, 0.05) is 6.20 Å². The minimum atomic E-state index is -0.109. The van der Waals surface area contributed by atoms with E-state index >= 15 is 0 Å². The molecule has 7 nitrogen and oxygen atoms in total. The quantitative estimate of drug-likeness (QED) is 0.454. The highest BCUT2D eigenvalue weighted by Crippen LogP contribution is 2.36. The van der Waals surface area contributed by atoms with Gasteiger partial charge in [-0.3, -0.25) is 4.98 Å². The Morgan fingerprint density at radius 2 is 2.17 bits per heavy atom. The van der Waals surface area contributed by atoms with Gasteiger partial charge in [-0.15, -0.1) is 5.10 Å². The van der Waals surface area contributed by atoms with Crippen LogP contribution in [0.4, 0.5) is 0 Å². The summed E-state index contributed by atoms with van der Waals surface area (Å²) in [5.41, 5.74) is 12.0. The molecule has 8 heteroatoms. The number of aromatic nitrogens is 1. The molecule has 0 bridgehead atoms. The van der Waals surface area contributed by atoms with Crippen LogP contribution in [0.25, 0.3) is 0 Å². The monoisotopic (exact) mass is 377 g/mol. The Hall–Kier alpha value is -2.61. The second-order valence-corrected chi connectivity index (χ2v) is 5.27. The Morgan fingerprint density at radius 3 is 2.83 bits per heavy atom. The number of pyridine rings is 1. The van der Waals surface area contributed by atoms with Gasteiger partial charge in [-0.25, -0.2) is 0 Å². The summed E-state index contributed by atoms with van der Waals surface area (Å²) in [5, 5.41) is 7.32. The second-order valence-electron chi connectivity index (χ2n) is 4.41. The van der Waals surface area contributed by atoms with E-state index in [-0.39, 0.29) is 5.96 Å². The number of hydrogen-bond acceptors (Lipinski definition) is 5. The summed E-state index contributed by atoms with van der Waals surface area (Å²) in [6.45, 7) is 0.331. The molecule has 120 valence electrons. The molecule has 0 radical (unpaired) electrons. The van der Waals surface area contributed by atoms with Gasteiger partial charge >= 0.3 is 0 Å². The van der Waals surface area contributed by atoms with Crippen LogP contribution in [0.2, 0.25) is 0 Å². The van der Waals surface area contributed by atoms with Crippen molar-refractivity contribution < 1.29 is 9.47 Å². The average molecular weight is 378 g/mol. The molecular weight excluding hydrogens is 362 g/mol.